The molecule has 0 N–H and O–H groups in total. The number of rotatable bonds is 44. The van der Waals surface area contributed by atoms with E-state index in [2.05, 4.69) is 167 Å². The van der Waals surface area contributed by atoms with Gasteiger partial charge in [-0.05, 0) is 109 Å². The lowest BCUT2D eigenvalue weighted by molar-refractivity contribution is -0.166. The Morgan fingerprint density at radius 1 is 0.313 bits per heavy atom. The van der Waals surface area contributed by atoms with Crippen molar-refractivity contribution in [3.8, 4) is 0 Å². The molecular weight excluding hydrogens is 829 g/mol. The lowest BCUT2D eigenvalue weighted by Gasteiger charge is -2.18. The first-order chi connectivity index (χ1) is 33.0. The number of hydrogen-bond acceptors (Lipinski definition) is 6. The summed E-state index contributed by atoms with van der Waals surface area (Å²) in [7, 11) is 0. The summed E-state index contributed by atoms with van der Waals surface area (Å²) in [6.45, 7) is 6.22. The van der Waals surface area contributed by atoms with Crippen LogP contribution in [0.15, 0.2) is 158 Å². The highest BCUT2D eigenvalue weighted by Crippen LogP contribution is 2.11. The Bertz CT molecular complexity index is 1570. The molecule has 0 bridgehead atoms. The van der Waals surface area contributed by atoms with E-state index in [0.29, 0.717) is 19.3 Å². The second kappa shape index (κ2) is 53.6. The van der Waals surface area contributed by atoms with E-state index in [0.717, 1.165) is 109 Å². The van der Waals surface area contributed by atoms with Gasteiger partial charge in [0.1, 0.15) is 13.2 Å². The number of allylic oxidation sites excluding steroid dienone is 26. The van der Waals surface area contributed by atoms with Crippen molar-refractivity contribution in [1.29, 1.82) is 0 Å². The highest BCUT2D eigenvalue weighted by molar-refractivity contribution is 5.71. The third-order valence-electron chi connectivity index (χ3n) is 10.0. The molecule has 372 valence electrons. The van der Waals surface area contributed by atoms with E-state index in [-0.39, 0.29) is 38.0 Å². The summed E-state index contributed by atoms with van der Waals surface area (Å²) in [5, 5.41) is 0. The molecule has 0 aromatic rings. The molecule has 1 atom stereocenters. The van der Waals surface area contributed by atoms with Crippen LogP contribution in [0.2, 0.25) is 0 Å². The zero-order valence-electron chi connectivity index (χ0n) is 42.3. The highest BCUT2D eigenvalue weighted by atomic mass is 16.6. The summed E-state index contributed by atoms with van der Waals surface area (Å²) in [5.41, 5.74) is 0. The predicted molar refractivity (Wildman–Crippen MR) is 288 cm³/mol. The molecule has 6 heteroatoms. The summed E-state index contributed by atoms with van der Waals surface area (Å²) in [6.07, 6.45) is 78.3. The SMILES string of the molecule is CC/C=C\C/C=C\C/C=C\C/C=C\C/C=C\C/C=C\C/C=C\CCCC(=O)OCC(COC(=O)CCCCCCCCC)OC(=O)CC/C=C\C/C=C\C/C=C\C/C=C\C/C=C\C/C=C\CC. The van der Waals surface area contributed by atoms with Crippen molar-refractivity contribution in [1.82, 2.24) is 0 Å². The molecule has 0 spiro atoms. The second-order valence-corrected chi connectivity index (χ2v) is 16.3. The lowest BCUT2D eigenvalue weighted by atomic mass is 10.1. The van der Waals surface area contributed by atoms with Crippen LogP contribution in [0.4, 0.5) is 0 Å². The van der Waals surface area contributed by atoms with Crippen LogP contribution in [0, 0.1) is 0 Å². The average Bonchev–Trinajstić information content (AvgIpc) is 3.33. The van der Waals surface area contributed by atoms with E-state index >= 15 is 0 Å². The predicted octanol–water partition coefficient (Wildman–Crippen LogP) is 17.4. The molecule has 0 aliphatic carbocycles. The van der Waals surface area contributed by atoms with E-state index in [4.69, 9.17) is 14.2 Å². The fraction of sp³-hybridized carbons (Fsp3) is 0.525. The van der Waals surface area contributed by atoms with Gasteiger partial charge in [0.2, 0.25) is 0 Å². The maximum Gasteiger partial charge on any atom is 0.306 e. The van der Waals surface area contributed by atoms with Crippen molar-refractivity contribution in [3.63, 3.8) is 0 Å². The largest absolute Gasteiger partial charge is 0.462 e. The van der Waals surface area contributed by atoms with Gasteiger partial charge in [-0.25, -0.2) is 0 Å². The Kier molecular flexibility index (Phi) is 49.7. The zero-order chi connectivity index (χ0) is 48.6. The van der Waals surface area contributed by atoms with E-state index in [1.807, 2.05) is 12.2 Å². The molecule has 1 unspecified atom stereocenters. The number of esters is 3. The first-order valence-electron chi connectivity index (χ1n) is 26.0. The highest BCUT2D eigenvalue weighted by Gasteiger charge is 2.19. The molecule has 0 radical (unpaired) electrons. The molecule has 0 amide bonds. The summed E-state index contributed by atoms with van der Waals surface area (Å²) in [6, 6.07) is 0. The summed E-state index contributed by atoms with van der Waals surface area (Å²) in [4.78, 5) is 37.8. The minimum absolute atomic E-state index is 0.133. The van der Waals surface area contributed by atoms with Gasteiger partial charge < -0.3 is 14.2 Å². The first-order valence-corrected chi connectivity index (χ1v) is 26.0. The molecule has 67 heavy (non-hydrogen) atoms. The topological polar surface area (TPSA) is 78.9 Å². The van der Waals surface area contributed by atoms with Crippen molar-refractivity contribution in [3.05, 3.63) is 158 Å². The van der Waals surface area contributed by atoms with Crippen LogP contribution in [-0.2, 0) is 28.6 Å². The molecule has 0 rings (SSSR count). The van der Waals surface area contributed by atoms with Crippen LogP contribution in [0.1, 0.15) is 188 Å². The first kappa shape index (κ1) is 62.0. The van der Waals surface area contributed by atoms with Gasteiger partial charge in [0.05, 0.1) is 0 Å². The number of carbonyl (C=O) groups excluding carboxylic acids is 3. The Morgan fingerprint density at radius 2 is 0.612 bits per heavy atom. The molecule has 0 saturated heterocycles. The molecule has 0 aliphatic rings. The molecule has 0 aromatic carbocycles. The molecule has 0 heterocycles. The van der Waals surface area contributed by atoms with Crippen LogP contribution < -0.4 is 0 Å². The monoisotopic (exact) mass is 921 g/mol. The normalized spacial score (nSPS) is 13.4. The van der Waals surface area contributed by atoms with Crippen LogP contribution in [0.3, 0.4) is 0 Å². The van der Waals surface area contributed by atoms with Gasteiger partial charge in [0.15, 0.2) is 6.10 Å². The minimum atomic E-state index is -0.846. The molecule has 0 aromatic heterocycles. The van der Waals surface area contributed by atoms with Gasteiger partial charge in [-0.2, -0.15) is 0 Å². The van der Waals surface area contributed by atoms with Crippen LogP contribution >= 0.6 is 0 Å². The number of hydrogen-bond donors (Lipinski definition) is 0. The van der Waals surface area contributed by atoms with Gasteiger partial charge >= 0.3 is 17.9 Å². The van der Waals surface area contributed by atoms with Crippen molar-refractivity contribution in [2.45, 2.75) is 194 Å². The summed E-state index contributed by atoms with van der Waals surface area (Å²) < 4.78 is 16.6. The minimum Gasteiger partial charge on any atom is -0.462 e. The maximum absolute atomic E-state index is 12.7. The molecular formula is C61H92O6. The number of carbonyl (C=O) groups is 3. The molecule has 0 saturated carbocycles. The van der Waals surface area contributed by atoms with Gasteiger partial charge in [-0.15, -0.1) is 0 Å². The Hall–Kier alpha value is -4.97. The van der Waals surface area contributed by atoms with Gasteiger partial charge in [-0.1, -0.05) is 217 Å². The van der Waals surface area contributed by atoms with Crippen molar-refractivity contribution < 1.29 is 28.6 Å². The quantitative estimate of drug-likeness (QED) is 0.0262. The van der Waals surface area contributed by atoms with Gasteiger partial charge in [0, 0.05) is 19.3 Å². The lowest BCUT2D eigenvalue weighted by Crippen LogP contribution is -2.30. The van der Waals surface area contributed by atoms with Gasteiger partial charge in [0.25, 0.3) is 0 Å². The Balaban J connectivity index is 4.51. The van der Waals surface area contributed by atoms with Crippen molar-refractivity contribution in [2.75, 3.05) is 13.2 Å². The standard InChI is InChI=1S/C61H92O6/c1-4-7-10-13-16-18-20-22-24-26-28-29-30-31-33-34-36-38-40-42-45-48-51-54-60(63)66-57-58(56-65-59(62)53-50-47-44-15-12-9-6-3)67-61(64)55-52-49-46-43-41-39-37-35-32-27-25-23-21-19-17-14-11-8-5-2/h7-8,10-11,16-19,22-25,28-29,31-33,35-36,38-39,41-42,45-46,49,58H,4-6,9,12-15,20-21,26-27,30,34,37,40,43-44,47-48,50-57H2,1-3H3/b10-7-,11-8-,18-16-,19-17-,24-22-,25-23-,29-28-,33-31-,35-32-,38-36-,41-39-,45-42-,49-46-. The van der Waals surface area contributed by atoms with Crippen molar-refractivity contribution >= 4 is 17.9 Å². The smallest absolute Gasteiger partial charge is 0.306 e. The molecule has 0 aliphatic heterocycles. The van der Waals surface area contributed by atoms with Crippen LogP contribution in [0.5, 0.6) is 0 Å². The maximum atomic E-state index is 12.7. The van der Waals surface area contributed by atoms with E-state index < -0.39 is 12.1 Å². The van der Waals surface area contributed by atoms with Crippen LogP contribution in [0.25, 0.3) is 0 Å². The second-order valence-electron chi connectivity index (χ2n) is 16.3. The molecule has 0 fully saturated rings. The van der Waals surface area contributed by atoms with Gasteiger partial charge in [-0.3, -0.25) is 14.4 Å². The Morgan fingerprint density at radius 3 is 0.970 bits per heavy atom. The fourth-order valence-corrected chi connectivity index (χ4v) is 6.22. The fourth-order valence-electron chi connectivity index (χ4n) is 6.22. The number of ether oxygens (including phenoxy) is 3. The van der Waals surface area contributed by atoms with Crippen LogP contribution in [-0.4, -0.2) is 37.2 Å². The van der Waals surface area contributed by atoms with Crippen molar-refractivity contribution in [2.24, 2.45) is 0 Å². The summed E-state index contributed by atoms with van der Waals surface area (Å²) in [5.74, 6) is -1.10. The molecule has 6 nitrogen and oxygen atoms in total. The number of unbranched alkanes of at least 4 members (excludes halogenated alkanes) is 7. The third-order valence-corrected chi connectivity index (χ3v) is 10.0. The Labute approximate surface area is 409 Å². The third kappa shape index (κ3) is 51.9. The zero-order valence-corrected chi connectivity index (χ0v) is 42.3. The average molecular weight is 921 g/mol. The summed E-state index contributed by atoms with van der Waals surface area (Å²) >= 11 is 0. The van der Waals surface area contributed by atoms with E-state index in [1.54, 1.807) is 0 Å². The van der Waals surface area contributed by atoms with E-state index in [9.17, 15) is 14.4 Å². The van der Waals surface area contributed by atoms with E-state index in [1.165, 1.54) is 25.7 Å².